The number of aryl methyl sites for hydroxylation is 4. The van der Waals surface area contributed by atoms with E-state index < -0.39 is 0 Å². The summed E-state index contributed by atoms with van der Waals surface area (Å²) in [6.45, 7) is 12.1. The summed E-state index contributed by atoms with van der Waals surface area (Å²) in [5.74, 6) is 0.478. The van der Waals surface area contributed by atoms with Crippen LogP contribution >= 0.6 is 0 Å². The number of carbonyl (C=O) groups is 1. The van der Waals surface area contributed by atoms with Crippen LogP contribution in [0.2, 0.25) is 0 Å². The van der Waals surface area contributed by atoms with E-state index in [0.29, 0.717) is 17.0 Å². The van der Waals surface area contributed by atoms with Gasteiger partial charge in [-0.15, -0.1) is 0 Å². The Hall–Kier alpha value is -3.74. The van der Waals surface area contributed by atoms with Gasteiger partial charge in [-0.25, -0.2) is 9.97 Å². The molecule has 0 bridgehead atoms. The Morgan fingerprint density at radius 2 is 1.79 bits per heavy atom. The Bertz CT molecular complexity index is 1430. The quantitative estimate of drug-likeness (QED) is 0.436. The number of hydrogen-bond acceptors (Lipinski definition) is 4. The van der Waals surface area contributed by atoms with Crippen LogP contribution in [-0.4, -0.2) is 25.4 Å². The molecule has 1 aromatic carbocycles. The van der Waals surface area contributed by atoms with Gasteiger partial charge in [-0.2, -0.15) is 0 Å². The maximum Gasteiger partial charge on any atom is 0.253 e. The molecule has 1 amide bonds. The minimum Gasteiger partial charge on any atom is -0.348 e. The minimum atomic E-state index is -0.216. The number of rotatable bonds is 6. The highest BCUT2D eigenvalue weighted by molar-refractivity contribution is 6.09. The zero-order valence-electron chi connectivity index (χ0n) is 20.6. The van der Waals surface area contributed by atoms with Crippen LogP contribution in [0.15, 0.2) is 41.6 Å². The second-order valence-corrected chi connectivity index (χ2v) is 9.07. The summed E-state index contributed by atoms with van der Waals surface area (Å²) in [5.41, 5.74) is 6.51. The Labute approximate surface area is 199 Å². The molecule has 3 heterocycles. The normalized spacial score (nSPS) is 11.4. The van der Waals surface area contributed by atoms with Gasteiger partial charge < -0.3 is 14.9 Å². The molecule has 0 spiro atoms. The second kappa shape index (κ2) is 9.25. The molecule has 0 unspecified atom stereocenters. The SMILES string of the molecule is CCc1cc(C)[nH]c(=O)c1CNC(=O)c1cc(-c2cnc(C)nc2)cc2c1c(C)cn2C(C)C. The lowest BCUT2D eigenvalue weighted by atomic mass is 9.99. The number of carbonyl (C=O) groups excluding carboxylic acids is 1. The molecule has 4 rings (SSSR count). The van der Waals surface area contributed by atoms with Crippen LogP contribution < -0.4 is 10.9 Å². The molecular weight excluding hydrogens is 426 g/mol. The molecule has 0 saturated carbocycles. The molecular formula is C27H31N5O2. The maximum absolute atomic E-state index is 13.5. The van der Waals surface area contributed by atoms with E-state index in [4.69, 9.17) is 0 Å². The van der Waals surface area contributed by atoms with Gasteiger partial charge in [0.05, 0.1) is 0 Å². The van der Waals surface area contributed by atoms with Gasteiger partial charge in [0.2, 0.25) is 0 Å². The third-order valence-electron chi connectivity index (χ3n) is 6.21. The van der Waals surface area contributed by atoms with Gasteiger partial charge in [-0.3, -0.25) is 9.59 Å². The van der Waals surface area contributed by atoms with Crippen LogP contribution in [-0.2, 0) is 13.0 Å². The van der Waals surface area contributed by atoms with Crippen LogP contribution in [0.25, 0.3) is 22.0 Å². The Balaban J connectivity index is 1.80. The highest BCUT2D eigenvalue weighted by atomic mass is 16.1. The van der Waals surface area contributed by atoms with Gasteiger partial charge in [0, 0.05) is 64.5 Å². The molecule has 0 saturated heterocycles. The van der Waals surface area contributed by atoms with Gasteiger partial charge >= 0.3 is 0 Å². The van der Waals surface area contributed by atoms with E-state index in [1.807, 2.05) is 39.8 Å². The summed E-state index contributed by atoms with van der Waals surface area (Å²) in [6.07, 6.45) is 6.36. The van der Waals surface area contributed by atoms with Crippen LogP contribution in [0.3, 0.4) is 0 Å². The highest BCUT2D eigenvalue weighted by Gasteiger charge is 2.19. The van der Waals surface area contributed by atoms with E-state index >= 15 is 0 Å². The van der Waals surface area contributed by atoms with Crippen molar-refractivity contribution in [3.05, 3.63) is 80.9 Å². The smallest absolute Gasteiger partial charge is 0.253 e. The molecule has 7 nitrogen and oxygen atoms in total. The Morgan fingerprint density at radius 1 is 1.09 bits per heavy atom. The molecule has 0 aliphatic rings. The first-order valence-electron chi connectivity index (χ1n) is 11.6. The molecule has 176 valence electrons. The molecule has 0 aliphatic carbocycles. The number of aromatic nitrogens is 4. The summed E-state index contributed by atoms with van der Waals surface area (Å²) < 4.78 is 2.18. The monoisotopic (exact) mass is 457 g/mol. The summed E-state index contributed by atoms with van der Waals surface area (Å²) in [4.78, 5) is 37.6. The van der Waals surface area contributed by atoms with E-state index in [1.165, 1.54) is 0 Å². The van der Waals surface area contributed by atoms with Crippen LogP contribution in [0.4, 0.5) is 0 Å². The van der Waals surface area contributed by atoms with Gasteiger partial charge in [0.1, 0.15) is 5.82 Å². The standard InChI is InChI=1S/C27H31N5O2/c1-7-19-8-17(5)31-27(34)23(19)13-30-26(33)22-9-20(21-11-28-18(6)29-12-21)10-24-25(22)16(4)14-32(24)15(2)3/h8-12,14-15H,7,13H2,1-6H3,(H,30,33)(H,31,34). The van der Waals surface area contributed by atoms with Crippen molar-refractivity contribution < 1.29 is 4.79 Å². The summed E-state index contributed by atoms with van der Waals surface area (Å²) >= 11 is 0. The fraction of sp³-hybridized carbons (Fsp3) is 0.333. The summed E-state index contributed by atoms with van der Waals surface area (Å²) in [5, 5.41) is 3.91. The molecule has 34 heavy (non-hydrogen) atoms. The van der Waals surface area contributed by atoms with Crippen molar-refractivity contribution in [2.75, 3.05) is 0 Å². The van der Waals surface area contributed by atoms with Gasteiger partial charge in [0.25, 0.3) is 11.5 Å². The number of benzene rings is 1. The van der Waals surface area contributed by atoms with Crippen LogP contribution in [0.1, 0.15) is 65.4 Å². The van der Waals surface area contributed by atoms with Crippen molar-refractivity contribution in [2.45, 2.75) is 60.5 Å². The van der Waals surface area contributed by atoms with Crippen molar-refractivity contribution in [2.24, 2.45) is 0 Å². The number of nitrogens with zero attached hydrogens (tertiary/aromatic N) is 3. The van der Waals surface area contributed by atoms with Crippen molar-refractivity contribution in [3.8, 4) is 11.1 Å². The van der Waals surface area contributed by atoms with Gasteiger partial charge in [-0.05, 0) is 75.9 Å². The Morgan fingerprint density at radius 3 is 2.44 bits per heavy atom. The van der Waals surface area contributed by atoms with Crippen molar-refractivity contribution in [1.82, 2.24) is 24.8 Å². The number of pyridine rings is 1. The molecule has 0 radical (unpaired) electrons. The first-order valence-corrected chi connectivity index (χ1v) is 11.6. The zero-order chi connectivity index (χ0) is 24.6. The number of aromatic amines is 1. The first-order chi connectivity index (χ1) is 16.2. The van der Waals surface area contributed by atoms with E-state index in [9.17, 15) is 9.59 Å². The number of H-pyrrole nitrogens is 1. The number of amides is 1. The molecule has 7 heteroatoms. The third-order valence-corrected chi connectivity index (χ3v) is 6.21. The molecule has 4 aromatic rings. The van der Waals surface area contributed by atoms with E-state index in [1.54, 1.807) is 12.4 Å². The fourth-order valence-corrected chi connectivity index (χ4v) is 4.46. The van der Waals surface area contributed by atoms with Crippen molar-refractivity contribution >= 4 is 16.8 Å². The van der Waals surface area contributed by atoms with Gasteiger partial charge in [-0.1, -0.05) is 6.92 Å². The van der Waals surface area contributed by atoms with E-state index in [0.717, 1.165) is 45.3 Å². The molecule has 0 aliphatic heterocycles. The predicted molar refractivity (Wildman–Crippen MR) is 135 cm³/mol. The highest BCUT2D eigenvalue weighted by Crippen LogP contribution is 2.32. The lowest BCUT2D eigenvalue weighted by Gasteiger charge is -2.14. The molecule has 0 atom stereocenters. The van der Waals surface area contributed by atoms with E-state index in [2.05, 4.69) is 50.9 Å². The largest absolute Gasteiger partial charge is 0.348 e. The number of nitrogens with one attached hydrogen (secondary N) is 2. The van der Waals surface area contributed by atoms with Gasteiger partial charge in [0.15, 0.2) is 0 Å². The first kappa shape index (κ1) is 23.4. The lowest BCUT2D eigenvalue weighted by Crippen LogP contribution is -2.28. The average molecular weight is 458 g/mol. The predicted octanol–water partition coefficient (Wildman–Crippen LogP) is 4.79. The lowest BCUT2D eigenvalue weighted by molar-refractivity contribution is 0.0952. The summed E-state index contributed by atoms with van der Waals surface area (Å²) in [7, 11) is 0. The topological polar surface area (TPSA) is 92.7 Å². The van der Waals surface area contributed by atoms with Crippen LogP contribution in [0, 0.1) is 20.8 Å². The van der Waals surface area contributed by atoms with Crippen LogP contribution in [0.5, 0.6) is 0 Å². The van der Waals surface area contributed by atoms with E-state index in [-0.39, 0.29) is 24.1 Å². The molecule has 3 aromatic heterocycles. The Kier molecular flexibility index (Phi) is 6.37. The second-order valence-electron chi connectivity index (χ2n) is 9.07. The number of fused-ring (bicyclic) bond motifs is 1. The van der Waals surface area contributed by atoms with Crippen molar-refractivity contribution in [3.63, 3.8) is 0 Å². The third kappa shape index (κ3) is 4.38. The van der Waals surface area contributed by atoms with Crippen molar-refractivity contribution in [1.29, 1.82) is 0 Å². The summed E-state index contributed by atoms with van der Waals surface area (Å²) in [6, 6.07) is 6.18. The molecule has 2 N–H and O–H groups in total. The zero-order valence-corrected chi connectivity index (χ0v) is 20.6. The number of hydrogen-bond donors (Lipinski definition) is 2. The minimum absolute atomic E-state index is 0.157. The average Bonchev–Trinajstić information content (AvgIpc) is 3.14. The maximum atomic E-state index is 13.5. The fourth-order valence-electron chi connectivity index (χ4n) is 4.46. The molecule has 0 fully saturated rings.